The van der Waals surface area contributed by atoms with Crippen LogP contribution in [0.1, 0.15) is 20.0 Å². The zero-order valence-electron chi connectivity index (χ0n) is 17.9. The fourth-order valence-corrected chi connectivity index (χ4v) is 5.91. The van der Waals surface area contributed by atoms with Crippen molar-refractivity contribution < 1.29 is 24.0 Å². The van der Waals surface area contributed by atoms with Crippen LogP contribution in [-0.4, -0.2) is 72.3 Å². The molecule has 0 saturated carbocycles. The maximum absolute atomic E-state index is 13.1. The number of non-ortho nitro benzene ring substituents is 1. The van der Waals surface area contributed by atoms with Gasteiger partial charge in [-0.2, -0.15) is 0 Å². The van der Waals surface area contributed by atoms with Gasteiger partial charge in [0.2, 0.25) is 5.91 Å². The lowest BCUT2D eigenvalue weighted by atomic mass is 10.2. The molecular weight excluding hydrogens is 504 g/mol. The SMILES string of the molecule is COC(=O)c1ccsc1NC(=O)CN1CCN(C(=O)c2sc3cc([N+](=O)[O-])ccc3c2Cl)CC1. The number of fused-ring (bicyclic) bond motifs is 1. The molecule has 0 atom stereocenters. The minimum absolute atomic E-state index is 0.0578. The highest BCUT2D eigenvalue weighted by molar-refractivity contribution is 7.21. The molecular formula is C21H19ClN4O6S2. The van der Waals surface area contributed by atoms with E-state index in [1.807, 2.05) is 4.90 Å². The van der Waals surface area contributed by atoms with Crippen molar-refractivity contribution in [2.75, 3.05) is 45.2 Å². The van der Waals surface area contributed by atoms with Crippen molar-refractivity contribution in [3.63, 3.8) is 0 Å². The van der Waals surface area contributed by atoms with Gasteiger partial charge in [-0.25, -0.2) is 4.79 Å². The fraction of sp³-hybridized carbons (Fsp3) is 0.286. The number of amides is 2. The van der Waals surface area contributed by atoms with E-state index >= 15 is 0 Å². The smallest absolute Gasteiger partial charge is 0.340 e. The Morgan fingerprint density at radius 2 is 1.94 bits per heavy atom. The van der Waals surface area contributed by atoms with E-state index < -0.39 is 10.9 Å². The number of anilines is 1. The van der Waals surface area contributed by atoms with Gasteiger partial charge in [-0.1, -0.05) is 11.6 Å². The summed E-state index contributed by atoms with van der Waals surface area (Å²) in [6.07, 6.45) is 0. The molecule has 10 nitrogen and oxygen atoms in total. The number of halogens is 1. The number of nitro benzene ring substituents is 1. The average Bonchev–Trinajstić information content (AvgIpc) is 3.42. The van der Waals surface area contributed by atoms with E-state index in [4.69, 9.17) is 16.3 Å². The molecule has 0 unspecified atom stereocenters. The van der Waals surface area contributed by atoms with Crippen LogP contribution in [0.3, 0.4) is 0 Å². The maximum atomic E-state index is 13.1. The average molecular weight is 523 g/mol. The molecule has 178 valence electrons. The zero-order chi connectivity index (χ0) is 24.4. The molecule has 3 heterocycles. The third kappa shape index (κ3) is 4.89. The number of carbonyl (C=O) groups is 3. The number of carbonyl (C=O) groups excluding carboxylic acids is 3. The summed E-state index contributed by atoms with van der Waals surface area (Å²) < 4.78 is 5.29. The Balaban J connectivity index is 1.36. The predicted octanol–water partition coefficient (Wildman–Crippen LogP) is 3.71. The van der Waals surface area contributed by atoms with Gasteiger partial charge in [-0.15, -0.1) is 22.7 Å². The Bertz CT molecular complexity index is 1280. The fourth-order valence-electron chi connectivity index (χ4n) is 3.60. The lowest BCUT2D eigenvalue weighted by Gasteiger charge is -2.34. The summed E-state index contributed by atoms with van der Waals surface area (Å²) in [5.41, 5.74) is 0.249. The number of thiophene rings is 2. The standard InChI is InChI=1S/C21H19ClN4O6S2/c1-32-21(29)14-4-9-33-19(14)23-16(27)11-24-5-7-25(8-6-24)20(28)18-17(22)13-3-2-12(26(30)31)10-15(13)34-18/h2-4,9-10H,5-8,11H2,1H3,(H,23,27). The summed E-state index contributed by atoms with van der Waals surface area (Å²) >= 11 is 8.78. The first kappa shape index (κ1) is 24.1. The molecule has 3 aromatic rings. The second kappa shape index (κ2) is 10.1. The van der Waals surface area contributed by atoms with E-state index in [0.29, 0.717) is 56.7 Å². The number of benzene rings is 1. The van der Waals surface area contributed by atoms with Crippen LogP contribution in [0.5, 0.6) is 0 Å². The molecule has 13 heteroatoms. The van der Waals surface area contributed by atoms with Crippen molar-refractivity contribution in [2.24, 2.45) is 0 Å². The van der Waals surface area contributed by atoms with Crippen LogP contribution in [0.4, 0.5) is 10.7 Å². The van der Waals surface area contributed by atoms with Gasteiger partial charge in [0.25, 0.3) is 11.6 Å². The zero-order valence-corrected chi connectivity index (χ0v) is 20.3. The first-order valence-electron chi connectivity index (χ1n) is 10.1. The lowest BCUT2D eigenvalue weighted by molar-refractivity contribution is -0.384. The normalized spacial score (nSPS) is 14.2. The number of nitrogens with zero attached hydrogens (tertiary/aromatic N) is 3. The van der Waals surface area contributed by atoms with Crippen molar-refractivity contribution in [3.8, 4) is 0 Å². The van der Waals surface area contributed by atoms with Crippen molar-refractivity contribution >= 4 is 72.8 Å². The quantitative estimate of drug-likeness (QED) is 0.297. The number of hydrogen-bond donors (Lipinski definition) is 1. The van der Waals surface area contributed by atoms with Gasteiger partial charge in [-0.3, -0.25) is 24.6 Å². The van der Waals surface area contributed by atoms with Crippen LogP contribution in [-0.2, 0) is 9.53 Å². The number of piperazine rings is 1. The minimum atomic E-state index is -0.516. The summed E-state index contributed by atoms with van der Waals surface area (Å²) in [4.78, 5) is 51.7. The molecule has 4 rings (SSSR count). The number of esters is 1. The van der Waals surface area contributed by atoms with Crippen LogP contribution < -0.4 is 5.32 Å². The largest absolute Gasteiger partial charge is 0.465 e. The number of nitrogens with one attached hydrogen (secondary N) is 1. The highest BCUT2D eigenvalue weighted by Crippen LogP contribution is 2.38. The molecule has 2 aromatic heterocycles. The number of rotatable bonds is 6. The summed E-state index contributed by atoms with van der Waals surface area (Å²) in [7, 11) is 1.28. The Kier molecular flexibility index (Phi) is 7.12. The van der Waals surface area contributed by atoms with Crippen LogP contribution in [0.2, 0.25) is 5.02 Å². The number of methoxy groups -OCH3 is 1. The van der Waals surface area contributed by atoms with E-state index in [0.717, 1.165) is 11.3 Å². The Labute approximate surface area is 206 Å². The van der Waals surface area contributed by atoms with E-state index in [-0.39, 0.29) is 24.0 Å². The van der Waals surface area contributed by atoms with Crippen LogP contribution in [0.15, 0.2) is 29.6 Å². The van der Waals surface area contributed by atoms with Gasteiger partial charge < -0.3 is 15.0 Å². The van der Waals surface area contributed by atoms with E-state index in [9.17, 15) is 24.5 Å². The summed E-state index contributed by atoms with van der Waals surface area (Å²) in [6, 6.07) is 5.93. The number of hydrogen-bond acceptors (Lipinski definition) is 9. The van der Waals surface area contributed by atoms with Crippen molar-refractivity contribution in [1.29, 1.82) is 0 Å². The number of ether oxygens (including phenoxy) is 1. The third-order valence-electron chi connectivity index (χ3n) is 5.37. The van der Waals surface area contributed by atoms with Gasteiger partial charge in [0.05, 0.1) is 29.2 Å². The van der Waals surface area contributed by atoms with Gasteiger partial charge >= 0.3 is 5.97 Å². The van der Waals surface area contributed by atoms with Crippen LogP contribution in [0.25, 0.3) is 10.1 Å². The lowest BCUT2D eigenvalue weighted by Crippen LogP contribution is -2.50. The molecule has 1 N–H and O–H groups in total. The van der Waals surface area contributed by atoms with Crippen molar-refractivity contribution in [1.82, 2.24) is 9.80 Å². The molecule has 0 radical (unpaired) electrons. The van der Waals surface area contributed by atoms with Gasteiger partial charge in [0, 0.05) is 48.4 Å². The van der Waals surface area contributed by atoms with E-state index in [2.05, 4.69) is 5.32 Å². The predicted molar refractivity (Wildman–Crippen MR) is 130 cm³/mol. The molecule has 0 spiro atoms. The van der Waals surface area contributed by atoms with Gasteiger partial charge in [0.1, 0.15) is 9.88 Å². The molecule has 1 aliphatic heterocycles. The molecule has 1 aliphatic rings. The molecule has 0 bridgehead atoms. The highest BCUT2D eigenvalue weighted by Gasteiger charge is 2.27. The Hall–Kier alpha value is -3.06. The van der Waals surface area contributed by atoms with Crippen molar-refractivity contribution in [3.05, 3.63) is 55.2 Å². The van der Waals surface area contributed by atoms with Gasteiger partial charge in [0.15, 0.2) is 0 Å². The Morgan fingerprint density at radius 3 is 2.62 bits per heavy atom. The van der Waals surface area contributed by atoms with Crippen molar-refractivity contribution in [2.45, 2.75) is 0 Å². The molecule has 1 saturated heterocycles. The topological polar surface area (TPSA) is 122 Å². The second-order valence-electron chi connectivity index (χ2n) is 7.45. The van der Waals surface area contributed by atoms with Crippen LogP contribution >= 0.6 is 34.3 Å². The van der Waals surface area contributed by atoms with Gasteiger partial charge in [-0.05, 0) is 17.5 Å². The first-order chi connectivity index (χ1) is 16.3. The summed E-state index contributed by atoms with van der Waals surface area (Å²) in [6.45, 7) is 1.91. The molecule has 1 aromatic carbocycles. The van der Waals surface area contributed by atoms with Crippen LogP contribution in [0, 0.1) is 10.1 Å². The molecule has 1 fully saturated rings. The maximum Gasteiger partial charge on any atom is 0.340 e. The molecule has 34 heavy (non-hydrogen) atoms. The minimum Gasteiger partial charge on any atom is -0.465 e. The summed E-state index contributed by atoms with van der Waals surface area (Å²) in [5, 5.41) is 16.8. The van der Waals surface area contributed by atoms with E-state index in [1.54, 1.807) is 22.4 Å². The highest BCUT2D eigenvalue weighted by atomic mass is 35.5. The first-order valence-corrected chi connectivity index (χ1v) is 12.2. The molecule has 0 aliphatic carbocycles. The monoisotopic (exact) mass is 522 g/mol. The Morgan fingerprint density at radius 1 is 1.21 bits per heavy atom. The number of nitro groups is 1. The molecule has 2 amide bonds. The van der Waals surface area contributed by atoms with E-state index in [1.165, 1.54) is 30.6 Å². The third-order valence-corrected chi connectivity index (χ3v) is 7.84. The summed E-state index contributed by atoms with van der Waals surface area (Å²) in [5.74, 6) is -1.01. The second-order valence-corrected chi connectivity index (χ2v) is 9.80.